The van der Waals surface area contributed by atoms with Crippen molar-refractivity contribution in [1.29, 1.82) is 0 Å². The average molecular weight is 337 g/mol. The van der Waals surface area contributed by atoms with Crippen LogP contribution in [0.1, 0.15) is 43.7 Å². The number of rotatable bonds is 7. The highest BCUT2D eigenvalue weighted by Crippen LogP contribution is 2.17. The zero-order chi connectivity index (χ0) is 17.7. The molecule has 2 atom stereocenters. The predicted octanol–water partition coefficient (Wildman–Crippen LogP) is 1.68. The molecule has 6 nitrogen and oxygen atoms in total. The van der Waals surface area contributed by atoms with Crippen molar-refractivity contribution in [2.45, 2.75) is 53.1 Å². The summed E-state index contributed by atoms with van der Waals surface area (Å²) in [6.45, 7) is 10.9. The Hall–Kier alpha value is -1.40. The average Bonchev–Trinajstić information content (AvgIpc) is 2.86. The molecular formula is C18H31N3O3. The SMILES string of the molecule is Cc1noc(C)c1CC(C)C(=O)NCC(O)CN1CCC(C)CC1. The highest BCUT2D eigenvalue weighted by molar-refractivity contribution is 5.78. The van der Waals surface area contributed by atoms with Gasteiger partial charge in [-0.15, -0.1) is 0 Å². The summed E-state index contributed by atoms with van der Waals surface area (Å²) in [5.74, 6) is 1.33. The molecule has 6 heteroatoms. The molecule has 1 fully saturated rings. The van der Waals surface area contributed by atoms with E-state index in [0.717, 1.165) is 36.0 Å². The van der Waals surface area contributed by atoms with Crippen molar-refractivity contribution < 1.29 is 14.4 Å². The number of β-amino-alcohol motifs (C(OH)–C–C–N with tert-alkyl or cyclic N) is 1. The summed E-state index contributed by atoms with van der Waals surface area (Å²) in [6.07, 6.45) is 2.46. The Kier molecular flexibility index (Phi) is 6.80. The number of carbonyl (C=O) groups excluding carboxylic acids is 1. The van der Waals surface area contributed by atoms with Gasteiger partial charge in [-0.25, -0.2) is 0 Å². The van der Waals surface area contributed by atoms with Gasteiger partial charge in [0.1, 0.15) is 5.76 Å². The minimum absolute atomic E-state index is 0.0404. The number of hydrogen-bond donors (Lipinski definition) is 2. The standard InChI is InChI=1S/C18H31N3O3/c1-12-5-7-21(8-6-12)11-16(22)10-19-18(23)13(2)9-17-14(3)20-24-15(17)4/h12-13,16,22H,5-11H2,1-4H3,(H,19,23). The van der Waals surface area contributed by atoms with Crippen molar-refractivity contribution >= 4 is 5.91 Å². The van der Waals surface area contributed by atoms with Gasteiger partial charge in [-0.05, 0) is 52.1 Å². The second-order valence-electron chi connectivity index (χ2n) is 7.29. The van der Waals surface area contributed by atoms with Crippen LogP contribution in [0.4, 0.5) is 0 Å². The Morgan fingerprint density at radius 3 is 2.67 bits per heavy atom. The van der Waals surface area contributed by atoms with Crippen LogP contribution in [0.25, 0.3) is 0 Å². The van der Waals surface area contributed by atoms with Gasteiger partial charge in [0, 0.05) is 24.6 Å². The van der Waals surface area contributed by atoms with Gasteiger partial charge >= 0.3 is 0 Å². The van der Waals surface area contributed by atoms with E-state index in [4.69, 9.17) is 4.52 Å². The molecule has 24 heavy (non-hydrogen) atoms. The molecule has 1 aliphatic rings. The van der Waals surface area contributed by atoms with Crippen LogP contribution in [0.3, 0.4) is 0 Å². The summed E-state index contributed by atoms with van der Waals surface area (Å²) in [5, 5.41) is 16.9. The lowest BCUT2D eigenvalue weighted by molar-refractivity contribution is -0.125. The lowest BCUT2D eigenvalue weighted by Gasteiger charge is -2.31. The molecule has 1 aromatic heterocycles. The van der Waals surface area contributed by atoms with Crippen LogP contribution in [0.5, 0.6) is 0 Å². The van der Waals surface area contributed by atoms with Crippen LogP contribution < -0.4 is 5.32 Å². The van der Waals surface area contributed by atoms with Crippen molar-refractivity contribution in [1.82, 2.24) is 15.4 Å². The molecule has 2 heterocycles. The minimum Gasteiger partial charge on any atom is -0.390 e. The van der Waals surface area contributed by atoms with Gasteiger partial charge in [0.2, 0.25) is 5.91 Å². The summed E-state index contributed by atoms with van der Waals surface area (Å²) in [5.41, 5.74) is 1.84. The number of aliphatic hydroxyl groups is 1. The van der Waals surface area contributed by atoms with Gasteiger partial charge < -0.3 is 19.8 Å². The molecule has 0 aliphatic carbocycles. The van der Waals surface area contributed by atoms with E-state index in [0.29, 0.717) is 19.5 Å². The van der Waals surface area contributed by atoms with Gasteiger partial charge in [-0.3, -0.25) is 4.79 Å². The molecule has 0 aromatic carbocycles. The van der Waals surface area contributed by atoms with Crippen molar-refractivity contribution in [3.8, 4) is 0 Å². The summed E-state index contributed by atoms with van der Waals surface area (Å²) in [4.78, 5) is 14.5. The predicted molar refractivity (Wildman–Crippen MR) is 92.7 cm³/mol. The number of likely N-dealkylation sites (tertiary alicyclic amines) is 1. The number of nitrogens with zero attached hydrogens (tertiary/aromatic N) is 2. The first kappa shape index (κ1) is 18.9. The van der Waals surface area contributed by atoms with Crippen LogP contribution in [-0.4, -0.2) is 53.4 Å². The largest absolute Gasteiger partial charge is 0.390 e. The van der Waals surface area contributed by atoms with Crippen LogP contribution >= 0.6 is 0 Å². The topological polar surface area (TPSA) is 78.6 Å². The molecule has 1 aliphatic heterocycles. The number of hydrogen-bond acceptors (Lipinski definition) is 5. The smallest absolute Gasteiger partial charge is 0.223 e. The molecule has 2 N–H and O–H groups in total. The lowest BCUT2D eigenvalue weighted by atomic mass is 9.98. The fraction of sp³-hybridized carbons (Fsp3) is 0.778. The van der Waals surface area contributed by atoms with E-state index in [1.807, 2.05) is 20.8 Å². The fourth-order valence-corrected chi connectivity index (χ4v) is 3.19. The van der Waals surface area contributed by atoms with Crippen LogP contribution in [0.15, 0.2) is 4.52 Å². The third-order valence-corrected chi connectivity index (χ3v) is 5.00. The minimum atomic E-state index is -0.520. The number of aliphatic hydroxyl groups excluding tert-OH is 1. The van der Waals surface area contributed by atoms with Gasteiger partial charge in [-0.2, -0.15) is 0 Å². The third-order valence-electron chi connectivity index (χ3n) is 5.00. The monoisotopic (exact) mass is 337 g/mol. The second kappa shape index (κ2) is 8.62. The first-order valence-electron chi connectivity index (χ1n) is 8.96. The molecule has 2 rings (SSSR count). The van der Waals surface area contributed by atoms with Gasteiger partial charge in [-0.1, -0.05) is 19.0 Å². The molecule has 2 unspecified atom stereocenters. The Morgan fingerprint density at radius 1 is 1.42 bits per heavy atom. The molecule has 0 saturated carbocycles. The normalized spacial score (nSPS) is 19.2. The number of aromatic nitrogens is 1. The molecule has 0 radical (unpaired) electrons. The maximum Gasteiger partial charge on any atom is 0.223 e. The summed E-state index contributed by atoms with van der Waals surface area (Å²) in [6, 6.07) is 0. The lowest BCUT2D eigenvalue weighted by Crippen LogP contribution is -2.44. The summed E-state index contributed by atoms with van der Waals surface area (Å²) in [7, 11) is 0. The van der Waals surface area contributed by atoms with Crippen molar-refractivity contribution in [3.63, 3.8) is 0 Å². The number of carbonyl (C=O) groups is 1. The maximum absolute atomic E-state index is 12.2. The zero-order valence-electron chi connectivity index (χ0n) is 15.3. The van der Waals surface area contributed by atoms with E-state index >= 15 is 0 Å². The zero-order valence-corrected chi connectivity index (χ0v) is 15.3. The van der Waals surface area contributed by atoms with E-state index in [-0.39, 0.29) is 11.8 Å². The first-order chi connectivity index (χ1) is 11.4. The maximum atomic E-state index is 12.2. The quantitative estimate of drug-likeness (QED) is 0.791. The molecule has 0 spiro atoms. The van der Waals surface area contributed by atoms with Gasteiger partial charge in [0.05, 0.1) is 11.8 Å². The van der Waals surface area contributed by atoms with E-state index in [2.05, 4.69) is 22.3 Å². The Morgan fingerprint density at radius 2 is 2.08 bits per heavy atom. The molecule has 0 bridgehead atoms. The van der Waals surface area contributed by atoms with E-state index < -0.39 is 6.10 Å². The second-order valence-corrected chi connectivity index (χ2v) is 7.29. The molecule has 1 saturated heterocycles. The Balaban J connectivity index is 1.71. The van der Waals surface area contributed by atoms with E-state index in [1.54, 1.807) is 0 Å². The van der Waals surface area contributed by atoms with Gasteiger partial charge in [0.25, 0.3) is 0 Å². The van der Waals surface area contributed by atoms with E-state index in [9.17, 15) is 9.90 Å². The Bertz CT molecular complexity index is 516. The molecule has 1 amide bonds. The Labute approximate surface area is 144 Å². The highest BCUT2D eigenvalue weighted by atomic mass is 16.5. The fourth-order valence-electron chi connectivity index (χ4n) is 3.19. The van der Waals surface area contributed by atoms with E-state index in [1.165, 1.54) is 12.8 Å². The summed E-state index contributed by atoms with van der Waals surface area (Å²) < 4.78 is 5.14. The number of amides is 1. The number of aryl methyl sites for hydroxylation is 2. The van der Waals surface area contributed by atoms with Crippen LogP contribution in [0.2, 0.25) is 0 Å². The van der Waals surface area contributed by atoms with Crippen LogP contribution in [-0.2, 0) is 11.2 Å². The summed E-state index contributed by atoms with van der Waals surface area (Å²) >= 11 is 0. The first-order valence-corrected chi connectivity index (χ1v) is 8.96. The number of piperidine rings is 1. The van der Waals surface area contributed by atoms with Gasteiger partial charge in [0.15, 0.2) is 0 Å². The number of nitrogens with one attached hydrogen (secondary N) is 1. The molecule has 136 valence electrons. The highest BCUT2D eigenvalue weighted by Gasteiger charge is 2.21. The molecular weight excluding hydrogens is 306 g/mol. The van der Waals surface area contributed by atoms with Crippen molar-refractivity contribution in [2.75, 3.05) is 26.2 Å². The third kappa shape index (κ3) is 5.31. The van der Waals surface area contributed by atoms with Crippen LogP contribution in [0, 0.1) is 25.7 Å². The molecule has 1 aromatic rings. The van der Waals surface area contributed by atoms with Crippen molar-refractivity contribution in [2.24, 2.45) is 11.8 Å². The van der Waals surface area contributed by atoms with Crippen molar-refractivity contribution in [3.05, 3.63) is 17.0 Å².